The topological polar surface area (TPSA) is 70.7 Å². The van der Waals surface area contributed by atoms with Crippen molar-refractivity contribution >= 4 is 34.9 Å². The second-order valence-electron chi connectivity index (χ2n) is 4.15. The van der Waals surface area contributed by atoms with E-state index in [1.54, 1.807) is 25.2 Å². The highest BCUT2D eigenvalue weighted by Gasteiger charge is 2.12. The Hall–Kier alpha value is -2.03. The van der Waals surface area contributed by atoms with Crippen molar-refractivity contribution in [2.45, 2.75) is 6.42 Å². The maximum absolute atomic E-state index is 11.9. The molecule has 0 aliphatic heterocycles. The molecule has 0 saturated carbocycles. The minimum absolute atomic E-state index is 0.123. The van der Waals surface area contributed by atoms with Gasteiger partial charge in [0, 0.05) is 13.2 Å². The van der Waals surface area contributed by atoms with Crippen LogP contribution in [0.15, 0.2) is 24.4 Å². The Kier molecular flexibility index (Phi) is 4.28. The Morgan fingerprint density at radius 2 is 2.20 bits per heavy atom. The summed E-state index contributed by atoms with van der Waals surface area (Å²) in [5.74, 6) is -0.0290. The van der Waals surface area contributed by atoms with E-state index in [2.05, 4.69) is 10.4 Å². The summed E-state index contributed by atoms with van der Waals surface area (Å²) in [5, 5.41) is 16.4. The van der Waals surface area contributed by atoms with Crippen molar-refractivity contribution < 1.29 is 4.79 Å². The van der Waals surface area contributed by atoms with Gasteiger partial charge in [0.2, 0.25) is 5.91 Å². The minimum Gasteiger partial charge on any atom is -0.308 e. The highest BCUT2D eigenvalue weighted by atomic mass is 35.5. The van der Waals surface area contributed by atoms with E-state index in [-0.39, 0.29) is 18.1 Å². The van der Waals surface area contributed by atoms with Gasteiger partial charge in [-0.1, -0.05) is 29.3 Å². The third kappa shape index (κ3) is 3.29. The van der Waals surface area contributed by atoms with Gasteiger partial charge < -0.3 is 5.32 Å². The van der Waals surface area contributed by atoms with Gasteiger partial charge in [-0.3, -0.25) is 9.48 Å². The fourth-order valence-electron chi connectivity index (χ4n) is 1.67. The Bertz CT molecular complexity index is 703. The molecule has 2 aromatic rings. The SMILES string of the molecule is Cn1cc(C#N)c(NC(=O)Cc2ccc(Cl)c(Cl)c2)n1. The van der Waals surface area contributed by atoms with Crippen LogP contribution in [-0.2, 0) is 18.3 Å². The first-order chi connectivity index (χ1) is 9.49. The summed E-state index contributed by atoms with van der Waals surface area (Å²) in [6, 6.07) is 6.95. The first kappa shape index (κ1) is 14.4. The third-order valence-corrected chi connectivity index (χ3v) is 3.29. The maximum atomic E-state index is 11.9. The fourth-order valence-corrected chi connectivity index (χ4v) is 1.99. The quantitative estimate of drug-likeness (QED) is 0.947. The first-order valence-corrected chi connectivity index (χ1v) is 6.42. The van der Waals surface area contributed by atoms with E-state index in [9.17, 15) is 4.79 Å². The lowest BCUT2D eigenvalue weighted by Crippen LogP contribution is -2.15. The number of aryl methyl sites for hydroxylation is 1. The molecule has 20 heavy (non-hydrogen) atoms. The Morgan fingerprint density at radius 1 is 1.45 bits per heavy atom. The highest BCUT2D eigenvalue weighted by molar-refractivity contribution is 6.42. The molecule has 0 bridgehead atoms. The summed E-state index contributed by atoms with van der Waals surface area (Å²) < 4.78 is 1.47. The normalized spacial score (nSPS) is 10.1. The first-order valence-electron chi connectivity index (χ1n) is 5.67. The largest absolute Gasteiger partial charge is 0.308 e. The summed E-state index contributed by atoms with van der Waals surface area (Å²) in [6.45, 7) is 0. The lowest BCUT2D eigenvalue weighted by Gasteiger charge is -2.04. The molecule has 0 unspecified atom stereocenters. The average molecular weight is 309 g/mol. The number of rotatable bonds is 3. The number of nitriles is 1. The standard InChI is InChI=1S/C13H10Cl2N4O/c1-19-7-9(6-16)13(18-19)17-12(20)5-8-2-3-10(14)11(15)4-8/h2-4,7H,5H2,1H3,(H,17,18,20). The molecule has 1 amide bonds. The Labute approximate surface area is 125 Å². The molecule has 0 fully saturated rings. The molecule has 0 aliphatic carbocycles. The van der Waals surface area contributed by atoms with Crippen LogP contribution in [0.3, 0.4) is 0 Å². The molecule has 1 N–H and O–H groups in total. The van der Waals surface area contributed by atoms with E-state index in [1.807, 2.05) is 6.07 Å². The summed E-state index contributed by atoms with van der Waals surface area (Å²) in [7, 11) is 1.68. The molecule has 1 aromatic heterocycles. The van der Waals surface area contributed by atoms with Gasteiger partial charge >= 0.3 is 0 Å². The van der Waals surface area contributed by atoms with Crippen molar-refractivity contribution in [3.63, 3.8) is 0 Å². The van der Waals surface area contributed by atoms with Crippen LogP contribution in [0.5, 0.6) is 0 Å². The Balaban J connectivity index is 2.09. The van der Waals surface area contributed by atoms with Gasteiger partial charge in [0.1, 0.15) is 11.6 Å². The van der Waals surface area contributed by atoms with Crippen LogP contribution >= 0.6 is 23.2 Å². The molecule has 102 valence electrons. The lowest BCUT2D eigenvalue weighted by atomic mass is 10.1. The number of aromatic nitrogens is 2. The van der Waals surface area contributed by atoms with E-state index in [1.165, 1.54) is 10.9 Å². The monoisotopic (exact) mass is 308 g/mol. The molecule has 0 aliphatic rings. The van der Waals surface area contributed by atoms with Crippen LogP contribution in [0, 0.1) is 11.3 Å². The molecule has 1 heterocycles. The molecule has 5 nitrogen and oxygen atoms in total. The zero-order valence-corrected chi connectivity index (χ0v) is 12.0. The summed E-state index contributed by atoms with van der Waals surface area (Å²) in [4.78, 5) is 11.9. The molecule has 0 spiro atoms. The van der Waals surface area contributed by atoms with Gasteiger partial charge in [-0.25, -0.2) is 0 Å². The average Bonchev–Trinajstić information content (AvgIpc) is 2.74. The number of benzene rings is 1. The third-order valence-electron chi connectivity index (χ3n) is 2.56. The lowest BCUT2D eigenvalue weighted by molar-refractivity contribution is -0.115. The van der Waals surface area contributed by atoms with Crippen LogP contribution in [0.1, 0.15) is 11.1 Å². The van der Waals surface area contributed by atoms with Gasteiger partial charge in [-0.05, 0) is 17.7 Å². The van der Waals surface area contributed by atoms with Gasteiger partial charge in [-0.15, -0.1) is 0 Å². The number of amides is 1. The van der Waals surface area contributed by atoms with E-state index in [4.69, 9.17) is 28.5 Å². The fraction of sp³-hybridized carbons (Fsp3) is 0.154. The predicted molar refractivity (Wildman–Crippen MR) is 76.7 cm³/mol. The number of carbonyl (C=O) groups is 1. The molecule has 1 aromatic carbocycles. The van der Waals surface area contributed by atoms with Crippen molar-refractivity contribution in [2.24, 2.45) is 7.05 Å². The molecule has 0 atom stereocenters. The smallest absolute Gasteiger partial charge is 0.230 e. The number of hydrogen-bond acceptors (Lipinski definition) is 3. The number of halogens is 2. The summed E-state index contributed by atoms with van der Waals surface area (Å²) >= 11 is 11.7. The number of nitrogens with one attached hydrogen (secondary N) is 1. The second kappa shape index (κ2) is 5.95. The van der Waals surface area contributed by atoms with Gasteiger partial charge in [-0.2, -0.15) is 10.4 Å². The number of carbonyl (C=O) groups excluding carboxylic acids is 1. The van der Waals surface area contributed by atoms with Gasteiger partial charge in [0.05, 0.1) is 16.5 Å². The van der Waals surface area contributed by atoms with Crippen molar-refractivity contribution in [3.8, 4) is 6.07 Å². The molecule has 7 heteroatoms. The predicted octanol–water partition coefficient (Wildman–Crippen LogP) is 2.78. The zero-order valence-electron chi connectivity index (χ0n) is 10.5. The van der Waals surface area contributed by atoms with Crippen LogP contribution in [-0.4, -0.2) is 15.7 Å². The van der Waals surface area contributed by atoms with Crippen molar-refractivity contribution in [1.29, 1.82) is 5.26 Å². The van der Waals surface area contributed by atoms with E-state index in [0.717, 1.165) is 5.56 Å². The van der Waals surface area contributed by atoms with E-state index >= 15 is 0 Å². The second-order valence-corrected chi connectivity index (χ2v) is 4.96. The van der Waals surface area contributed by atoms with Crippen molar-refractivity contribution in [1.82, 2.24) is 9.78 Å². The van der Waals surface area contributed by atoms with Gasteiger partial charge in [0.15, 0.2) is 5.82 Å². The molecular weight excluding hydrogens is 299 g/mol. The van der Waals surface area contributed by atoms with Crippen molar-refractivity contribution in [2.75, 3.05) is 5.32 Å². The molecule has 2 rings (SSSR count). The molecular formula is C13H10Cl2N4O. The number of nitrogens with zero attached hydrogens (tertiary/aromatic N) is 3. The van der Waals surface area contributed by atoms with Crippen LogP contribution in [0.4, 0.5) is 5.82 Å². The van der Waals surface area contributed by atoms with Crippen LogP contribution in [0.25, 0.3) is 0 Å². The minimum atomic E-state index is -0.279. The van der Waals surface area contributed by atoms with Crippen LogP contribution in [0.2, 0.25) is 10.0 Å². The molecule has 0 radical (unpaired) electrons. The number of anilines is 1. The Morgan fingerprint density at radius 3 is 2.85 bits per heavy atom. The summed E-state index contributed by atoms with van der Waals surface area (Å²) in [5.41, 5.74) is 1.04. The highest BCUT2D eigenvalue weighted by Crippen LogP contribution is 2.23. The van der Waals surface area contributed by atoms with E-state index < -0.39 is 0 Å². The van der Waals surface area contributed by atoms with Gasteiger partial charge in [0.25, 0.3) is 0 Å². The zero-order chi connectivity index (χ0) is 14.7. The maximum Gasteiger partial charge on any atom is 0.230 e. The molecule has 0 saturated heterocycles. The van der Waals surface area contributed by atoms with Crippen LogP contribution < -0.4 is 5.32 Å². The van der Waals surface area contributed by atoms with Crippen molar-refractivity contribution in [3.05, 3.63) is 45.6 Å². The van der Waals surface area contributed by atoms with E-state index in [0.29, 0.717) is 15.6 Å². The summed E-state index contributed by atoms with van der Waals surface area (Å²) in [6.07, 6.45) is 1.66. The number of hydrogen-bond donors (Lipinski definition) is 1.